The molecule has 8 heteroatoms. The highest BCUT2D eigenvalue weighted by atomic mass is 32.2. The summed E-state index contributed by atoms with van der Waals surface area (Å²) in [4.78, 5) is 10.4. The van der Waals surface area contributed by atoms with Crippen LogP contribution in [0.3, 0.4) is 0 Å². The van der Waals surface area contributed by atoms with Gasteiger partial charge in [0.25, 0.3) is 5.69 Å². The molecule has 0 unspecified atom stereocenters. The monoisotopic (exact) mass is 349 g/mol. The number of nitrogens with one attached hydrogen (secondary N) is 2. The van der Waals surface area contributed by atoms with Crippen molar-refractivity contribution in [1.82, 2.24) is 4.72 Å². The Balaban J connectivity index is 1.67. The lowest BCUT2D eigenvalue weighted by molar-refractivity contribution is -0.384. The SMILES string of the molecule is O=[N+]([O-])c1ccc(NCCCCNS(=O)(=O)c2ccccc2)cc1. The molecule has 0 atom stereocenters. The summed E-state index contributed by atoms with van der Waals surface area (Å²) in [7, 11) is -3.45. The summed E-state index contributed by atoms with van der Waals surface area (Å²) in [5.41, 5.74) is 0.848. The van der Waals surface area contributed by atoms with Gasteiger partial charge in [-0.3, -0.25) is 10.1 Å². The summed E-state index contributed by atoms with van der Waals surface area (Å²) in [5.74, 6) is 0. The molecule has 2 rings (SSSR count). The highest BCUT2D eigenvalue weighted by Gasteiger charge is 2.11. The first kappa shape index (κ1) is 17.9. The molecule has 0 aromatic heterocycles. The van der Waals surface area contributed by atoms with Gasteiger partial charge in [0, 0.05) is 30.9 Å². The Morgan fingerprint density at radius 2 is 1.54 bits per heavy atom. The van der Waals surface area contributed by atoms with Crippen LogP contribution in [0.1, 0.15) is 12.8 Å². The van der Waals surface area contributed by atoms with E-state index in [9.17, 15) is 18.5 Å². The van der Waals surface area contributed by atoms with Crippen LogP contribution in [0.2, 0.25) is 0 Å². The number of anilines is 1. The van der Waals surface area contributed by atoms with Crippen molar-refractivity contribution in [2.45, 2.75) is 17.7 Å². The first-order chi connectivity index (χ1) is 11.5. The van der Waals surface area contributed by atoms with Gasteiger partial charge in [0.05, 0.1) is 9.82 Å². The van der Waals surface area contributed by atoms with Crippen LogP contribution in [-0.4, -0.2) is 26.4 Å². The third-order valence-electron chi connectivity index (χ3n) is 3.36. The molecule has 0 fully saturated rings. The number of sulfonamides is 1. The Labute approximate surface area is 140 Å². The molecule has 2 aromatic carbocycles. The van der Waals surface area contributed by atoms with E-state index < -0.39 is 14.9 Å². The van der Waals surface area contributed by atoms with Crippen LogP contribution in [0.5, 0.6) is 0 Å². The van der Waals surface area contributed by atoms with E-state index in [0.29, 0.717) is 19.5 Å². The average molecular weight is 349 g/mol. The Morgan fingerprint density at radius 1 is 0.917 bits per heavy atom. The molecule has 0 aliphatic rings. The Morgan fingerprint density at radius 3 is 2.17 bits per heavy atom. The summed E-state index contributed by atoms with van der Waals surface area (Å²) in [6.07, 6.45) is 1.46. The van der Waals surface area contributed by atoms with Gasteiger partial charge in [0.1, 0.15) is 0 Å². The molecular formula is C16H19N3O4S. The van der Waals surface area contributed by atoms with E-state index >= 15 is 0 Å². The maximum atomic E-state index is 12.0. The molecule has 2 aromatic rings. The minimum atomic E-state index is -3.45. The highest BCUT2D eigenvalue weighted by Crippen LogP contribution is 2.15. The molecule has 0 saturated carbocycles. The molecule has 128 valence electrons. The lowest BCUT2D eigenvalue weighted by atomic mass is 10.2. The van der Waals surface area contributed by atoms with Gasteiger partial charge in [-0.1, -0.05) is 18.2 Å². The van der Waals surface area contributed by atoms with E-state index in [2.05, 4.69) is 10.0 Å². The second-order valence-corrected chi connectivity index (χ2v) is 6.92. The number of non-ortho nitro benzene ring substituents is 1. The third kappa shape index (κ3) is 5.32. The smallest absolute Gasteiger partial charge is 0.269 e. The van der Waals surface area contributed by atoms with Gasteiger partial charge >= 0.3 is 0 Å². The van der Waals surface area contributed by atoms with Gasteiger partial charge in [-0.25, -0.2) is 13.1 Å². The van der Waals surface area contributed by atoms with Crippen LogP contribution in [0, 0.1) is 10.1 Å². The van der Waals surface area contributed by atoms with E-state index in [-0.39, 0.29) is 10.6 Å². The quantitative estimate of drug-likeness (QED) is 0.412. The standard InChI is InChI=1S/C16H19N3O4S/c20-19(21)15-10-8-14(9-11-15)17-12-4-5-13-18-24(22,23)16-6-2-1-3-7-16/h1-3,6-11,17-18H,4-5,12-13H2. The van der Waals surface area contributed by atoms with Crippen molar-refractivity contribution in [3.05, 3.63) is 64.7 Å². The second-order valence-electron chi connectivity index (χ2n) is 5.15. The Kier molecular flexibility index (Phi) is 6.28. The van der Waals surface area contributed by atoms with Gasteiger partial charge in [-0.2, -0.15) is 0 Å². The van der Waals surface area contributed by atoms with E-state index in [0.717, 1.165) is 12.1 Å². The fourth-order valence-electron chi connectivity index (χ4n) is 2.07. The minimum absolute atomic E-state index is 0.0517. The van der Waals surface area contributed by atoms with E-state index in [1.54, 1.807) is 42.5 Å². The molecule has 24 heavy (non-hydrogen) atoms. The zero-order valence-electron chi connectivity index (χ0n) is 13.0. The van der Waals surface area contributed by atoms with Crippen LogP contribution >= 0.6 is 0 Å². The van der Waals surface area contributed by atoms with Crippen molar-refractivity contribution >= 4 is 21.4 Å². The van der Waals surface area contributed by atoms with Crippen LogP contribution < -0.4 is 10.0 Å². The van der Waals surface area contributed by atoms with Crippen molar-refractivity contribution < 1.29 is 13.3 Å². The highest BCUT2D eigenvalue weighted by molar-refractivity contribution is 7.89. The topological polar surface area (TPSA) is 101 Å². The molecule has 0 spiro atoms. The van der Waals surface area contributed by atoms with Crippen LogP contribution in [0.15, 0.2) is 59.5 Å². The molecule has 7 nitrogen and oxygen atoms in total. The number of hydrogen-bond acceptors (Lipinski definition) is 5. The predicted molar refractivity (Wildman–Crippen MR) is 92.5 cm³/mol. The van der Waals surface area contributed by atoms with Crippen LogP contribution in [-0.2, 0) is 10.0 Å². The van der Waals surface area contributed by atoms with Gasteiger partial charge < -0.3 is 5.32 Å². The van der Waals surface area contributed by atoms with Crippen molar-refractivity contribution in [3.8, 4) is 0 Å². The summed E-state index contributed by atoms with van der Waals surface area (Å²) >= 11 is 0. The van der Waals surface area contributed by atoms with Gasteiger partial charge in [0.2, 0.25) is 10.0 Å². The molecule has 0 saturated heterocycles. The fraction of sp³-hybridized carbons (Fsp3) is 0.250. The molecular weight excluding hydrogens is 330 g/mol. The molecule has 0 heterocycles. The summed E-state index contributed by atoms with van der Waals surface area (Å²) in [6.45, 7) is 1.02. The van der Waals surface area contributed by atoms with E-state index in [4.69, 9.17) is 0 Å². The zero-order valence-corrected chi connectivity index (χ0v) is 13.8. The maximum Gasteiger partial charge on any atom is 0.269 e. The molecule has 0 bridgehead atoms. The van der Waals surface area contributed by atoms with Crippen molar-refractivity contribution in [1.29, 1.82) is 0 Å². The summed E-state index contributed by atoms with van der Waals surface area (Å²) in [6, 6.07) is 14.4. The number of unbranched alkanes of at least 4 members (excludes halogenated alkanes) is 1. The Hall–Kier alpha value is -2.45. The molecule has 0 radical (unpaired) electrons. The zero-order chi connectivity index (χ0) is 17.4. The number of nitrogens with zero attached hydrogens (tertiary/aromatic N) is 1. The molecule has 2 N–H and O–H groups in total. The largest absolute Gasteiger partial charge is 0.385 e. The second kappa shape index (κ2) is 8.42. The lowest BCUT2D eigenvalue weighted by Crippen LogP contribution is -2.25. The van der Waals surface area contributed by atoms with Crippen LogP contribution in [0.25, 0.3) is 0 Å². The number of nitro benzene ring substituents is 1. The first-order valence-corrected chi connectivity index (χ1v) is 9.00. The van der Waals surface area contributed by atoms with Gasteiger partial charge in [-0.05, 0) is 37.1 Å². The Bertz CT molecular complexity index is 762. The third-order valence-corrected chi connectivity index (χ3v) is 4.83. The maximum absolute atomic E-state index is 12.0. The lowest BCUT2D eigenvalue weighted by Gasteiger charge is -2.08. The van der Waals surface area contributed by atoms with Crippen LogP contribution in [0.4, 0.5) is 11.4 Å². The van der Waals surface area contributed by atoms with Crippen molar-refractivity contribution in [2.24, 2.45) is 0 Å². The minimum Gasteiger partial charge on any atom is -0.385 e. The number of benzene rings is 2. The predicted octanol–water partition coefficient (Wildman–Crippen LogP) is 2.77. The van der Waals surface area contributed by atoms with Gasteiger partial charge in [-0.15, -0.1) is 0 Å². The summed E-state index contributed by atoms with van der Waals surface area (Å²) in [5, 5.41) is 13.7. The number of hydrogen-bond donors (Lipinski definition) is 2. The number of nitro groups is 1. The molecule has 0 aliphatic carbocycles. The fourth-order valence-corrected chi connectivity index (χ4v) is 3.17. The first-order valence-electron chi connectivity index (χ1n) is 7.52. The normalized spacial score (nSPS) is 11.2. The van der Waals surface area contributed by atoms with Crippen molar-refractivity contribution in [3.63, 3.8) is 0 Å². The molecule has 0 aliphatic heterocycles. The van der Waals surface area contributed by atoms with E-state index in [1.165, 1.54) is 12.1 Å². The number of rotatable bonds is 9. The molecule has 0 amide bonds. The van der Waals surface area contributed by atoms with Crippen molar-refractivity contribution in [2.75, 3.05) is 18.4 Å². The average Bonchev–Trinajstić information content (AvgIpc) is 2.59. The summed E-state index contributed by atoms with van der Waals surface area (Å²) < 4.78 is 26.5. The van der Waals surface area contributed by atoms with Gasteiger partial charge in [0.15, 0.2) is 0 Å². The van der Waals surface area contributed by atoms with E-state index in [1.807, 2.05) is 0 Å².